The summed E-state index contributed by atoms with van der Waals surface area (Å²) in [5, 5.41) is 0. The van der Waals surface area contributed by atoms with Gasteiger partial charge in [-0.1, -0.05) is 0 Å². The number of ether oxygens (including phenoxy) is 2. The third kappa shape index (κ3) is 3.54. The van der Waals surface area contributed by atoms with Crippen molar-refractivity contribution in [2.24, 2.45) is 5.92 Å². The average Bonchev–Trinajstić information content (AvgIpc) is 2.38. The Morgan fingerprint density at radius 1 is 1.47 bits per heavy atom. The molecule has 1 aromatic heterocycles. The second kappa shape index (κ2) is 6.17. The maximum atomic E-state index is 5.75. The van der Waals surface area contributed by atoms with E-state index in [4.69, 9.17) is 21.1 Å². The highest BCUT2D eigenvalue weighted by molar-refractivity contribution is 6.17. The van der Waals surface area contributed by atoms with Gasteiger partial charge >= 0.3 is 6.01 Å². The summed E-state index contributed by atoms with van der Waals surface area (Å²) in [5.41, 5.74) is 1.84. The number of aryl methyl sites for hydroxylation is 1. The molecular weight excluding hydrogens is 240 g/mol. The molecule has 4 nitrogen and oxygen atoms in total. The zero-order valence-electron chi connectivity index (χ0n) is 9.99. The van der Waals surface area contributed by atoms with Gasteiger partial charge in [0.25, 0.3) is 0 Å². The van der Waals surface area contributed by atoms with Crippen LogP contribution in [0.5, 0.6) is 6.01 Å². The largest absolute Gasteiger partial charge is 0.463 e. The van der Waals surface area contributed by atoms with Crippen LogP contribution >= 0.6 is 11.6 Å². The molecule has 1 fully saturated rings. The van der Waals surface area contributed by atoms with Gasteiger partial charge < -0.3 is 9.47 Å². The first-order valence-corrected chi connectivity index (χ1v) is 6.42. The number of halogens is 1. The van der Waals surface area contributed by atoms with Crippen LogP contribution in [0.2, 0.25) is 0 Å². The van der Waals surface area contributed by atoms with Crippen molar-refractivity contribution < 1.29 is 9.47 Å². The van der Waals surface area contributed by atoms with Gasteiger partial charge in [0.05, 0.1) is 12.5 Å². The molecule has 94 valence electrons. The molecule has 2 rings (SSSR count). The SMILES string of the molecule is Cc1nc(OCC2CCOCC2)ncc1CCl. The zero-order chi connectivity index (χ0) is 12.1. The van der Waals surface area contributed by atoms with E-state index >= 15 is 0 Å². The number of hydrogen-bond donors (Lipinski definition) is 0. The highest BCUT2D eigenvalue weighted by atomic mass is 35.5. The lowest BCUT2D eigenvalue weighted by Crippen LogP contribution is -2.22. The minimum atomic E-state index is 0.437. The molecule has 0 aromatic carbocycles. The highest BCUT2D eigenvalue weighted by Gasteiger charge is 2.15. The lowest BCUT2D eigenvalue weighted by Gasteiger charge is -2.21. The predicted molar refractivity (Wildman–Crippen MR) is 65.4 cm³/mol. The van der Waals surface area contributed by atoms with Gasteiger partial charge in [0, 0.05) is 30.7 Å². The third-order valence-electron chi connectivity index (χ3n) is 2.99. The molecule has 1 saturated heterocycles. The Morgan fingerprint density at radius 3 is 2.88 bits per heavy atom. The maximum Gasteiger partial charge on any atom is 0.316 e. The summed E-state index contributed by atoms with van der Waals surface area (Å²) < 4.78 is 10.9. The minimum absolute atomic E-state index is 0.437. The van der Waals surface area contributed by atoms with Crippen LogP contribution < -0.4 is 4.74 Å². The minimum Gasteiger partial charge on any atom is -0.463 e. The lowest BCUT2D eigenvalue weighted by molar-refractivity contribution is 0.0482. The summed E-state index contributed by atoms with van der Waals surface area (Å²) in [6.45, 7) is 4.25. The van der Waals surface area contributed by atoms with Crippen LogP contribution in [0.3, 0.4) is 0 Å². The molecule has 0 N–H and O–H groups in total. The summed E-state index contributed by atoms with van der Waals surface area (Å²) in [7, 11) is 0. The third-order valence-corrected chi connectivity index (χ3v) is 3.28. The van der Waals surface area contributed by atoms with Gasteiger partial charge in [0.2, 0.25) is 0 Å². The second-order valence-corrected chi connectivity index (χ2v) is 4.53. The van der Waals surface area contributed by atoms with E-state index in [9.17, 15) is 0 Å². The lowest BCUT2D eigenvalue weighted by atomic mass is 10.0. The number of rotatable bonds is 4. The van der Waals surface area contributed by atoms with Crippen LogP contribution in [0, 0.1) is 12.8 Å². The topological polar surface area (TPSA) is 44.2 Å². The van der Waals surface area contributed by atoms with Gasteiger partial charge in [0.1, 0.15) is 0 Å². The molecule has 5 heteroatoms. The van der Waals surface area contributed by atoms with E-state index in [1.165, 1.54) is 0 Å². The molecule has 0 saturated carbocycles. The number of aromatic nitrogens is 2. The molecule has 0 spiro atoms. The summed E-state index contributed by atoms with van der Waals surface area (Å²) >= 11 is 5.75. The molecule has 0 atom stereocenters. The second-order valence-electron chi connectivity index (χ2n) is 4.26. The Hall–Kier alpha value is -0.870. The normalized spacial score (nSPS) is 17.1. The first-order valence-electron chi connectivity index (χ1n) is 5.88. The van der Waals surface area contributed by atoms with Crippen LogP contribution in [0.4, 0.5) is 0 Å². The van der Waals surface area contributed by atoms with E-state index < -0.39 is 0 Å². The van der Waals surface area contributed by atoms with Crippen molar-refractivity contribution in [2.45, 2.75) is 25.6 Å². The maximum absolute atomic E-state index is 5.75. The molecule has 1 aromatic rings. The van der Waals surface area contributed by atoms with Gasteiger partial charge in [-0.05, 0) is 25.7 Å². The Kier molecular flexibility index (Phi) is 4.57. The fraction of sp³-hybridized carbons (Fsp3) is 0.667. The summed E-state index contributed by atoms with van der Waals surface area (Å²) in [5.74, 6) is 0.992. The zero-order valence-corrected chi connectivity index (χ0v) is 10.7. The number of alkyl halides is 1. The monoisotopic (exact) mass is 256 g/mol. The molecule has 0 unspecified atom stereocenters. The van der Waals surface area contributed by atoms with Crippen molar-refractivity contribution >= 4 is 11.6 Å². The Morgan fingerprint density at radius 2 is 2.24 bits per heavy atom. The van der Waals surface area contributed by atoms with E-state index in [0.29, 0.717) is 24.4 Å². The molecule has 2 heterocycles. The number of hydrogen-bond acceptors (Lipinski definition) is 4. The Balaban J connectivity index is 1.87. The molecule has 0 radical (unpaired) electrons. The van der Waals surface area contributed by atoms with E-state index in [2.05, 4.69) is 9.97 Å². The smallest absolute Gasteiger partial charge is 0.316 e. The van der Waals surface area contributed by atoms with Gasteiger partial charge in [-0.15, -0.1) is 11.6 Å². The number of nitrogens with zero attached hydrogens (tertiary/aromatic N) is 2. The van der Waals surface area contributed by atoms with Gasteiger partial charge in [-0.25, -0.2) is 9.97 Å². The average molecular weight is 257 g/mol. The standard InChI is InChI=1S/C12H17ClN2O2/c1-9-11(6-13)7-14-12(15-9)17-8-10-2-4-16-5-3-10/h7,10H,2-6,8H2,1H3. The van der Waals surface area contributed by atoms with Crippen molar-refractivity contribution in [1.82, 2.24) is 9.97 Å². The van der Waals surface area contributed by atoms with Crippen molar-refractivity contribution in [2.75, 3.05) is 19.8 Å². The van der Waals surface area contributed by atoms with Gasteiger partial charge in [0.15, 0.2) is 0 Å². The molecule has 0 amide bonds. The molecular formula is C12H17ClN2O2. The van der Waals surface area contributed by atoms with Crippen LogP contribution in [0.15, 0.2) is 6.20 Å². The van der Waals surface area contributed by atoms with Crippen LogP contribution in [-0.4, -0.2) is 29.8 Å². The Bertz CT molecular complexity index is 368. The van der Waals surface area contributed by atoms with Crippen LogP contribution in [0.1, 0.15) is 24.1 Å². The van der Waals surface area contributed by atoms with Crippen LogP contribution in [0.25, 0.3) is 0 Å². The molecule has 0 bridgehead atoms. The molecule has 1 aliphatic rings. The quantitative estimate of drug-likeness (QED) is 0.776. The molecule has 0 aliphatic carbocycles. The Labute approximate surface area is 106 Å². The highest BCUT2D eigenvalue weighted by Crippen LogP contribution is 2.16. The van der Waals surface area contributed by atoms with E-state index in [1.807, 2.05) is 6.92 Å². The fourth-order valence-corrected chi connectivity index (χ4v) is 2.04. The van der Waals surface area contributed by atoms with Gasteiger partial charge in [-0.3, -0.25) is 0 Å². The first kappa shape index (κ1) is 12.6. The van der Waals surface area contributed by atoms with Crippen molar-refractivity contribution in [1.29, 1.82) is 0 Å². The summed E-state index contributed by atoms with van der Waals surface area (Å²) in [6.07, 6.45) is 3.84. The van der Waals surface area contributed by atoms with Gasteiger partial charge in [-0.2, -0.15) is 0 Å². The van der Waals surface area contributed by atoms with E-state index in [1.54, 1.807) is 6.20 Å². The van der Waals surface area contributed by atoms with Crippen LogP contribution in [-0.2, 0) is 10.6 Å². The first-order chi connectivity index (χ1) is 8.29. The molecule has 17 heavy (non-hydrogen) atoms. The van der Waals surface area contributed by atoms with Crippen molar-refractivity contribution in [3.8, 4) is 6.01 Å². The molecule has 1 aliphatic heterocycles. The van der Waals surface area contributed by atoms with Crippen molar-refractivity contribution in [3.05, 3.63) is 17.5 Å². The van der Waals surface area contributed by atoms with E-state index in [0.717, 1.165) is 37.3 Å². The fourth-order valence-electron chi connectivity index (χ4n) is 1.78. The summed E-state index contributed by atoms with van der Waals surface area (Å²) in [6, 6.07) is 0.447. The summed E-state index contributed by atoms with van der Waals surface area (Å²) in [4.78, 5) is 8.43. The van der Waals surface area contributed by atoms with E-state index in [-0.39, 0.29) is 0 Å². The van der Waals surface area contributed by atoms with Crippen molar-refractivity contribution in [3.63, 3.8) is 0 Å². The predicted octanol–water partition coefficient (Wildman–Crippen LogP) is 2.33.